The van der Waals surface area contributed by atoms with E-state index in [2.05, 4.69) is 76.2 Å². The number of alkyl halides is 2. The van der Waals surface area contributed by atoms with Crippen LogP contribution < -0.4 is 9.47 Å². The predicted molar refractivity (Wildman–Crippen MR) is 146 cm³/mol. The van der Waals surface area contributed by atoms with Crippen LogP contribution in [0.2, 0.25) is 0 Å². The van der Waals surface area contributed by atoms with Crippen molar-refractivity contribution in [1.29, 1.82) is 0 Å². The van der Waals surface area contributed by atoms with Crippen molar-refractivity contribution in [3.8, 4) is 33.8 Å². The van der Waals surface area contributed by atoms with Crippen molar-refractivity contribution in [2.45, 2.75) is 51.3 Å². The Bertz CT molecular complexity index is 897. The quantitative estimate of drug-likeness (QED) is 0.231. The summed E-state index contributed by atoms with van der Waals surface area (Å²) in [6.07, 6.45) is 1.90. The average Bonchev–Trinajstić information content (AvgIpc) is 2.81. The molecule has 3 aromatic rings. The molecule has 182 valence electrons. The first-order chi connectivity index (χ1) is 16.3. The zero-order valence-electron chi connectivity index (χ0n) is 20.6. The van der Waals surface area contributed by atoms with Gasteiger partial charge in [-0.05, 0) is 71.2 Å². The van der Waals surface area contributed by atoms with Crippen molar-refractivity contribution in [2.24, 2.45) is 11.8 Å². The van der Waals surface area contributed by atoms with Gasteiger partial charge in [0.1, 0.15) is 24.7 Å². The molecule has 0 unspecified atom stereocenters. The molecule has 2 atom stereocenters. The zero-order valence-corrected chi connectivity index (χ0v) is 22.2. The molecule has 0 heterocycles. The van der Waals surface area contributed by atoms with Crippen LogP contribution in [0.25, 0.3) is 22.3 Å². The maximum Gasteiger partial charge on any atom is 0.119 e. The van der Waals surface area contributed by atoms with Crippen molar-refractivity contribution in [1.82, 2.24) is 0 Å². The van der Waals surface area contributed by atoms with E-state index in [4.69, 9.17) is 32.7 Å². The maximum absolute atomic E-state index is 6.33. The van der Waals surface area contributed by atoms with Gasteiger partial charge in [0, 0.05) is 0 Å². The molecule has 0 fully saturated rings. The topological polar surface area (TPSA) is 18.5 Å². The second-order valence-corrected chi connectivity index (χ2v) is 10.9. The van der Waals surface area contributed by atoms with Gasteiger partial charge in [0.25, 0.3) is 0 Å². The minimum absolute atomic E-state index is 0.0370. The van der Waals surface area contributed by atoms with Crippen molar-refractivity contribution < 1.29 is 9.47 Å². The summed E-state index contributed by atoms with van der Waals surface area (Å²) in [5, 5.41) is 0.0740. The fraction of sp³-hybridized carbons (Fsp3) is 0.400. The van der Waals surface area contributed by atoms with E-state index in [1.807, 2.05) is 24.3 Å². The molecule has 0 N–H and O–H groups in total. The molecule has 34 heavy (non-hydrogen) atoms. The summed E-state index contributed by atoms with van der Waals surface area (Å²) in [7, 11) is 0. The number of benzene rings is 3. The summed E-state index contributed by atoms with van der Waals surface area (Å²) in [6.45, 7) is 9.75. The second kappa shape index (κ2) is 13.1. The third-order valence-corrected chi connectivity index (χ3v) is 6.18. The predicted octanol–water partition coefficient (Wildman–Crippen LogP) is 9.09. The molecule has 0 saturated heterocycles. The normalized spacial score (nSPS) is 13.2. The Labute approximate surface area is 215 Å². The summed E-state index contributed by atoms with van der Waals surface area (Å²) in [4.78, 5) is 0. The highest BCUT2D eigenvalue weighted by atomic mass is 35.5. The van der Waals surface area contributed by atoms with Crippen molar-refractivity contribution in [3.63, 3.8) is 0 Å². The van der Waals surface area contributed by atoms with E-state index < -0.39 is 0 Å². The van der Waals surface area contributed by atoms with Gasteiger partial charge in [-0.25, -0.2) is 0 Å². The lowest BCUT2D eigenvalue weighted by atomic mass is 10.0. The molecule has 0 aliphatic heterocycles. The van der Waals surface area contributed by atoms with Gasteiger partial charge >= 0.3 is 0 Å². The van der Waals surface area contributed by atoms with Gasteiger partial charge in [-0.2, -0.15) is 0 Å². The Morgan fingerprint density at radius 2 is 0.765 bits per heavy atom. The molecule has 3 rings (SSSR count). The average molecular weight is 500 g/mol. The van der Waals surface area contributed by atoms with Gasteiger partial charge in [0.2, 0.25) is 0 Å². The monoisotopic (exact) mass is 498 g/mol. The Balaban J connectivity index is 1.55. The standard InChI is InChI=1S/C30H36Cl2O2/c1-21(2)17-27(31)19-33-29-13-9-25(10-14-29)23-5-7-24(8-6-23)26-11-15-30(16-12-26)34-20-28(32)18-22(3)4/h5-16,21-22,27-28H,17-20H2,1-4H3/t27-,28-/m0/s1. The van der Waals surface area contributed by atoms with E-state index in [1.54, 1.807) is 0 Å². The molecule has 2 nitrogen and oxygen atoms in total. The highest BCUT2D eigenvalue weighted by molar-refractivity contribution is 6.21. The van der Waals surface area contributed by atoms with Gasteiger partial charge in [-0.3, -0.25) is 0 Å². The molecule has 0 spiro atoms. The molecular weight excluding hydrogens is 463 g/mol. The van der Waals surface area contributed by atoms with Gasteiger partial charge in [0.15, 0.2) is 0 Å². The fourth-order valence-corrected chi connectivity index (χ4v) is 4.71. The Morgan fingerprint density at radius 1 is 0.500 bits per heavy atom. The lowest BCUT2D eigenvalue weighted by molar-refractivity contribution is 0.301. The number of halogens is 2. The minimum Gasteiger partial charge on any atom is -0.492 e. The van der Waals surface area contributed by atoms with Crippen LogP contribution in [0.4, 0.5) is 0 Å². The van der Waals surface area contributed by atoms with Crippen molar-refractivity contribution in [3.05, 3.63) is 72.8 Å². The molecular formula is C30H36Cl2O2. The minimum atomic E-state index is 0.0370. The van der Waals surface area contributed by atoms with E-state index in [0.717, 1.165) is 35.5 Å². The highest BCUT2D eigenvalue weighted by Crippen LogP contribution is 2.28. The van der Waals surface area contributed by atoms with E-state index in [0.29, 0.717) is 25.0 Å². The van der Waals surface area contributed by atoms with Gasteiger partial charge in [-0.15, -0.1) is 23.2 Å². The number of ether oxygens (including phenoxy) is 2. The van der Waals surface area contributed by atoms with Gasteiger partial charge in [0.05, 0.1) is 10.8 Å². The van der Waals surface area contributed by atoms with Crippen LogP contribution in [-0.2, 0) is 0 Å². The molecule has 0 amide bonds. The van der Waals surface area contributed by atoms with E-state index in [-0.39, 0.29) is 10.8 Å². The largest absolute Gasteiger partial charge is 0.492 e. The number of hydrogen-bond donors (Lipinski definition) is 0. The first-order valence-electron chi connectivity index (χ1n) is 12.1. The molecule has 0 saturated carbocycles. The highest BCUT2D eigenvalue weighted by Gasteiger charge is 2.10. The number of hydrogen-bond acceptors (Lipinski definition) is 2. The molecule has 0 aliphatic rings. The summed E-state index contributed by atoms with van der Waals surface area (Å²) >= 11 is 12.7. The van der Waals surface area contributed by atoms with Crippen molar-refractivity contribution in [2.75, 3.05) is 13.2 Å². The summed E-state index contributed by atoms with van der Waals surface area (Å²) in [5.41, 5.74) is 4.65. The van der Waals surface area contributed by atoms with E-state index in [1.165, 1.54) is 11.1 Å². The van der Waals surface area contributed by atoms with Gasteiger partial charge < -0.3 is 9.47 Å². The van der Waals surface area contributed by atoms with Crippen molar-refractivity contribution >= 4 is 23.2 Å². The molecule has 0 aromatic heterocycles. The smallest absolute Gasteiger partial charge is 0.119 e. The summed E-state index contributed by atoms with van der Waals surface area (Å²) in [6, 6.07) is 25.0. The summed E-state index contributed by atoms with van der Waals surface area (Å²) < 4.78 is 11.7. The van der Waals surface area contributed by atoms with Crippen LogP contribution in [-0.4, -0.2) is 24.0 Å². The second-order valence-electron chi connectivity index (χ2n) is 9.70. The fourth-order valence-electron chi connectivity index (χ4n) is 3.87. The SMILES string of the molecule is CC(C)C[C@H](Cl)COc1ccc(-c2ccc(-c3ccc(OC[C@@H](Cl)CC(C)C)cc3)cc2)cc1. The van der Waals surface area contributed by atoms with E-state index in [9.17, 15) is 0 Å². The number of rotatable bonds is 12. The maximum atomic E-state index is 6.33. The third-order valence-electron chi connectivity index (χ3n) is 5.58. The molecule has 0 aliphatic carbocycles. The lowest BCUT2D eigenvalue weighted by Gasteiger charge is -2.14. The molecule has 0 radical (unpaired) electrons. The Kier molecular flexibility index (Phi) is 10.2. The Hall–Kier alpha value is -2.16. The van der Waals surface area contributed by atoms with Crippen LogP contribution in [0, 0.1) is 11.8 Å². The van der Waals surface area contributed by atoms with Crippen LogP contribution in [0.1, 0.15) is 40.5 Å². The molecule has 4 heteroatoms. The lowest BCUT2D eigenvalue weighted by Crippen LogP contribution is -2.14. The van der Waals surface area contributed by atoms with Crippen LogP contribution in [0.15, 0.2) is 72.8 Å². The van der Waals surface area contributed by atoms with Crippen LogP contribution in [0.5, 0.6) is 11.5 Å². The van der Waals surface area contributed by atoms with E-state index >= 15 is 0 Å². The van der Waals surface area contributed by atoms with Crippen LogP contribution >= 0.6 is 23.2 Å². The molecule has 3 aromatic carbocycles. The third kappa shape index (κ3) is 8.56. The summed E-state index contributed by atoms with van der Waals surface area (Å²) in [5.74, 6) is 2.84. The zero-order chi connectivity index (χ0) is 24.5. The van der Waals surface area contributed by atoms with Gasteiger partial charge in [-0.1, -0.05) is 76.2 Å². The molecule has 0 bridgehead atoms. The first-order valence-corrected chi connectivity index (χ1v) is 13.0. The Morgan fingerprint density at radius 3 is 1.03 bits per heavy atom. The van der Waals surface area contributed by atoms with Crippen LogP contribution in [0.3, 0.4) is 0 Å². The first kappa shape index (κ1) is 26.4.